The van der Waals surface area contributed by atoms with Gasteiger partial charge >= 0.3 is 5.97 Å². The van der Waals surface area contributed by atoms with Crippen LogP contribution in [0, 0.1) is 19.8 Å². The van der Waals surface area contributed by atoms with Gasteiger partial charge in [0.2, 0.25) is 5.89 Å². The van der Waals surface area contributed by atoms with Crippen LogP contribution in [0.4, 0.5) is 11.5 Å². The minimum atomic E-state index is -0.702. The topological polar surface area (TPSA) is 128 Å². The number of anilines is 2. The molecule has 2 saturated heterocycles. The summed E-state index contributed by atoms with van der Waals surface area (Å²) in [5.41, 5.74) is 12.4. The molecule has 1 saturated carbocycles. The molecule has 2 unspecified atom stereocenters. The van der Waals surface area contributed by atoms with Crippen LogP contribution in [0.3, 0.4) is 0 Å². The summed E-state index contributed by atoms with van der Waals surface area (Å²) in [6, 6.07) is 21.1. The quantitative estimate of drug-likeness (QED) is 0.130. The summed E-state index contributed by atoms with van der Waals surface area (Å²) < 4.78 is 6.50. The van der Waals surface area contributed by atoms with Crippen LogP contribution in [-0.4, -0.2) is 73.2 Å². The number of aliphatic hydroxyl groups excluding tert-OH is 1. The summed E-state index contributed by atoms with van der Waals surface area (Å²) >= 11 is 0. The maximum absolute atomic E-state index is 11.6. The third-order valence-corrected chi connectivity index (χ3v) is 11.4. The van der Waals surface area contributed by atoms with Crippen molar-refractivity contribution in [1.82, 2.24) is 24.8 Å². The molecular formula is C43H44N6O4. The van der Waals surface area contributed by atoms with Crippen LogP contribution < -0.4 is 5.32 Å². The molecule has 3 aromatic carbocycles. The maximum atomic E-state index is 11.6. The number of aliphatic hydroxyl groups is 1. The van der Waals surface area contributed by atoms with E-state index in [9.17, 15) is 15.0 Å². The number of hydrogen-bond acceptors (Lipinski definition) is 9. The molecule has 53 heavy (non-hydrogen) atoms. The van der Waals surface area contributed by atoms with Crippen molar-refractivity contribution in [3.8, 4) is 22.6 Å². The van der Waals surface area contributed by atoms with Gasteiger partial charge < -0.3 is 19.9 Å². The van der Waals surface area contributed by atoms with E-state index in [1.807, 2.05) is 18.5 Å². The van der Waals surface area contributed by atoms with Gasteiger partial charge in [-0.25, -0.2) is 9.97 Å². The molecule has 0 radical (unpaired) electrons. The highest BCUT2D eigenvalue weighted by Crippen LogP contribution is 2.44. The first-order valence-corrected chi connectivity index (χ1v) is 18.8. The van der Waals surface area contributed by atoms with E-state index >= 15 is 0 Å². The summed E-state index contributed by atoms with van der Waals surface area (Å²) in [7, 11) is 0. The Balaban J connectivity index is 0.991. The zero-order chi connectivity index (χ0) is 36.2. The first kappa shape index (κ1) is 33.7. The fourth-order valence-corrected chi connectivity index (χ4v) is 8.33. The Hall–Kier alpha value is -5.16. The lowest BCUT2D eigenvalue weighted by Gasteiger charge is -2.18. The number of benzene rings is 3. The van der Waals surface area contributed by atoms with Crippen LogP contribution in [0.1, 0.15) is 59.4 Å². The Bertz CT molecular complexity index is 2370. The van der Waals surface area contributed by atoms with Gasteiger partial charge in [0.1, 0.15) is 11.0 Å². The van der Waals surface area contributed by atoms with E-state index in [0.29, 0.717) is 37.1 Å². The van der Waals surface area contributed by atoms with Gasteiger partial charge in [-0.1, -0.05) is 24.3 Å². The number of oxazole rings is 1. The van der Waals surface area contributed by atoms with E-state index in [1.165, 1.54) is 24.0 Å². The van der Waals surface area contributed by atoms with Crippen LogP contribution in [0.5, 0.6) is 0 Å². The lowest BCUT2D eigenvalue weighted by molar-refractivity contribution is -0.141. The van der Waals surface area contributed by atoms with Crippen molar-refractivity contribution in [3.63, 3.8) is 0 Å². The van der Waals surface area contributed by atoms with Crippen molar-refractivity contribution in [2.24, 2.45) is 5.92 Å². The molecular weight excluding hydrogens is 665 g/mol. The zero-order valence-corrected chi connectivity index (χ0v) is 30.2. The smallest absolute Gasteiger partial charge is 0.307 e. The number of aromatic nitrogens is 3. The highest BCUT2D eigenvalue weighted by atomic mass is 16.4. The molecule has 5 heterocycles. The Kier molecular flexibility index (Phi) is 8.68. The number of nitrogens with zero attached hydrogens (tertiary/aromatic N) is 5. The van der Waals surface area contributed by atoms with E-state index in [4.69, 9.17) is 14.4 Å². The maximum Gasteiger partial charge on any atom is 0.307 e. The van der Waals surface area contributed by atoms with Crippen LogP contribution in [0.2, 0.25) is 0 Å². The van der Waals surface area contributed by atoms with E-state index < -0.39 is 5.97 Å². The van der Waals surface area contributed by atoms with Gasteiger partial charge in [0, 0.05) is 61.8 Å². The molecule has 1 aliphatic carbocycles. The number of hydrogen-bond donors (Lipinski definition) is 3. The van der Waals surface area contributed by atoms with Crippen molar-refractivity contribution in [3.05, 3.63) is 101 Å². The van der Waals surface area contributed by atoms with Gasteiger partial charge in [-0.05, 0) is 127 Å². The third-order valence-electron chi connectivity index (χ3n) is 11.4. The zero-order valence-electron chi connectivity index (χ0n) is 30.2. The van der Waals surface area contributed by atoms with Crippen molar-refractivity contribution in [2.75, 3.05) is 31.5 Å². The highest BCUT2D eigenvalue weighted by molar-refractivity contribution is 5.91. The van der Waals surface area contributed by atoms with Gasteiger partial charge in [0.15, 0.2) is 11.4 Å². The van der Waals surface area contributed by atoms with Crippen LogP contribution in [-0.2, 0) is 17.9 Å². The Morgan fingerprint density at radius 1 is 0.887 bits per heavy atom. The van der Waals surface area contributed by atoms with Gasteiger partial charge in [0.05, 0.1) is 12.0 Å². The lowest BCUT2D eigenvalue weighted by Crippen LogP contribution is -2.23. The van der Waals surface area contributed by atoms with E-state index in [1.54, 1.807) is 0 Å². The third kappa shape index (κ3) is 6.67. The number of likely N-dealkylation sites (tertiary alicyclic amines) is 2. The number of aliphatic carboxylic acids is 1. The van der Waals surface area contributed by atoms with Crippen molar-refractivity contribution in [1.29, 1.82) is 0 Å². The number of carboxylic acid groups (broad SMARTS) is 1. The van der Waals surface area contributed by atoms with Gasteiger partial charge in [-0.2, -0.15) is 0 Å². The minimum absolute atomic E-state index is 0.243. The fourth-order valence-electron chi connectivity index (χ4n) is 8.33. The SMILES string of the molecule is Cc1c(Nc2nccc3cc(CN4CCC(O)C4)cnc23)cccc1-c1cccc(-c2nc3cc(CN4CCC(C(=O)O)C4)c(C4CC4)cc3o2)c1C. The predicted octanol–water partition coefficient (Wildman–Crippen LogP) is 7.82. The molecule has 10 heteroatoms. The monoisotopic (exact) mass is 708 g/mol. The molecule has 3 N–H and O–H groups in total. The molecule has 0 amide bonds. The average molecular weight is 709 g/mol. The Morgan fingerprint density at radius 3 is 2.43 bits per heavy atom. The Labute approximate surface area is 308 Å². The normalized spacial score (nSPS) is 19.5. The molecule has 9 rings (SSSR count). The number of nitrogens with one attached hydrogen (secondary N) is 1. The van der Waals surface area contributed by atoms with E-state index in [2.05, 4.69) is 88.5 Å². The number of fused-ring (bicyclic) bond motifs is 2. The summed E-state index contributed by atoms with van der Waals surface area (Å²) in [5.74, 6) is 0.845. The second kappa shape index (κ2) is 13.7. The summed E-state index contributed by atoms with van der Waals surface area (Å²) in [6.07, 6.45) is 7.36. The van der Waals surface area contributed by atoms with E-state index in [0.717, 1.165) is 93.7 Å². The average Bonchev–Trinajstić information content (AvgIpc) is 3.51. The van der Waals surface area contributed by atoms with Crippen LogP contribution in [0.15, 0.2) is 77.5 Å². The molecule has 0 bridgehead atoms. The number of pyridine rings is 2. The summed E-state index contributed by atoms with van der Waals surface area (Å²) in [6.45, 7) is 8.75. The largest absolute Gasteiger partial charge is 0.481 e. The number of carboxylic acids is 1. The van der Waals surface area contributed by atoms with Gasteiger partial charge in [-0.3, -0.25) is 19.6 Å². The van der Waals surface area contributed by atoms with Crippen molar-refractivity contribution >= 4 is 39.5 Å². The molecule has 3 aliphatic rings. The molecule has 270 valence electrons. The number of β-amino-alcohol motifs (C(OH)–C–C–N with tert-alkyl or cyclic N) is 1. The number of carbonyl (C=O) groups is 1. The first-order valence-electron chi connectivity index (χ1n) is 18.8. The molecule has 10 nitrogen and oxygen atoms in total. The van der Waals surface area contributed by atoms with Crippen molar-refractivity contribution < 1.29 is 19.4 Å². The summed E-state index contributed by atoms with van der Waals surface area (Å²) in [4.78, 5) is 30.6. The Morgan fingerprint density at radius 2 is 1.66 bits per heavy atom. The molecule has 2 atom stereocenters. The van der Waals surface area contributed by atoms with Gasteiger partial charge in [-0.15, -0.1) is 0 Å². The van der Waals surface area contributed by atoms with Crippen LogP contribution >= 0.6 is 0 Å². The fraction of sp³-hybridized carbons (Fsp3) is 0.349. The molecule has 2 aliphatic heterocycles. The molecule has 0 spiro atoms. The van der Waals surface area contributed by atoms with Crippen LogP contribution in [0.25, 0.3) is 44.6 Å². The van der Waals surface area contributed by atoms with Crippen molar-refractivity contribution in [2.45, 2.75) is 64.6 Å². The van der Waals surface area contributed by atoms with Gasteiger partial charge in [0.25, 0.3) is 0 Å². The minimum Gasteiger partial charge on any atom is -0.481 e. The second-order valence-electron chi connectivity index (χ2n) is 15.2. The summed E-state index contributed by atoms with van der Waals surface area (Å²) in [5, 5.41) is 24.1. The lowest BCUT2D eigenvalue weighted by atomic mass is 9.93. The molecule has 3 fully saturated rings. The predicted molar refractivity (Wildman–Crippen MR) is 206 cm³/mol. The second-order valence-corrected chi connectivity index (χ2v) is 15.2. The number of rotatable bonds is 10. The standard InChI is InChI=1S/C43H44N6O4/c1-25-33(34-6-4-8-37(26(34)2)46-41-40-29(11-14-44-41)17-27(20-45-40)21-48-16-13-32(50)24-48)5-3-7-35(25)42-47-38-18-31(23-49-15-12-30(22-49)43(51)52)36(28-9-10-28)19-39(38)53-42/h3-8,11,14,17-20,28,30,32,50H,9-10,12-13,15-16,21-24H2,1-2H3,(H,44,46)(H,51,52). The van der Waals surface area contributed by atoms with E-state index in [-0.39, 0.29) is 12.0 Å². The first-order chi connectivity index (χ1) is 25.8. The highest BCUT2D eigenvalue weighted by Gasteiger charge is 2.32. The molecule has 3 aromatic heterocycles. The molecule has 6 aromatic rings.